The van der Waals surface area contributed by atoms with Crippen molar-refractivity contribution in [1.29, 1.82) is 0 Å². The summed E-state index contributed by atoms with van der Waals surface area (Å²) in [5.74, 6) is 0. The highest BCUT2D eigenvalue weighted by molar-refractivity contribution is 7.96. The van der Waals surface area contributed by atoms with Crippen molar-refractivity contribution in [3.8, 4) is 0 Å². The van der Waals surface area contributed by atoms with Crippen LogP contribution in [0.2, 0.25) is 0 Å². The molecule has 2 nitrogen and oxygen atoms in total. The Morgan fingerprint density at radius 3 is 2.45 bits per heavy atom. The number of nitrogens with one attached hydrogen (secondary N) is 1. The molecule has 0 bridgehead atoms. The molecule has 66 valence electrons. The Kier molecular flexibility index (Phi) is 7.79. The lowest BCUT2D eigenvalue weighted by molar-refractivity contribution is 0.261. The van der Waals surface area contributed by atoms with Crippen molar-refractivity contribution < 1.29 is 4.79 Å². The van der Waals surface area contributed by atoms with Gasteiger partial charge in [-0.25, -0.2) is 0 Å². The molecule has 1 N–H and O–H groups in total. The first kappa shape index (κ1) is 10.8. The van der Waals surface area contributed by atoms with Crippen molar-refractivity contribution in [2.75, 3.05) is 6.54 Å². The molecule has 0 heterocycles. The van der Waals surface area contributed by atoms with Gasteiger partial charge in [0.05, 0.1) is 0 Å². The maximum Gasteiger partial charge on any atom is 0.275 e. The third kappa shape index (κ3) is 9.82. The van der Waals surface area contributed by atoms with E-state index in [4.69, 9.17) is 0 Å². The number of hydrogen-bond donors (Lipinski definition) is 2. The molecule has 0 aromatic rings. The van der Waals surface area contributed by atoms with Crippen LogP contribution >= 0.6 is 12.6 Å². The molecule has 0 saturated carbocycles. The van der Waals surface area contributed by atoms with E-state index in [-0.39, 0.29) is 5.24 Å². The normalized spacial score (nSPS) is 9.64. The predicted molar refractivity (Wildman–Crippen MR) is 51.1 cm³/mol. The van der Waals surface area contributed by atoms with Gasteiger partial charge in [-0.15, -0.1) is 0 Å². The van der Waals surface area contributed by atoms with Gasteiger partial charge in [0, 0.05) is 6.54 Å². The van der Waals surface area contributed by atoms with Gasteiger partial charge < -0.3 is 5.32 Å². The zero-order valence-corrected chi connectivity index (χ0v) is 7.99. The first-order valence-corrected chi connectivity index (χ1v) is 4.69. The van der Waals surface area contributed by atoms with E-state index in [0.717, 1.165) is 13.0 Å². The molecule has 0 fully saturated rings. The molecule has 11 heavy (non-hydrogen) atoms. The summed E-state index contributed by atoms with van der Waals surface area (Å²) in [5.41, 5.74) is 0. The van der Waals surface area contributed by atoms with E-state index in [1.165, 1.54) is 25.7 Å². The van der Waals surface area contributed by atoms with Crippen LogP contribution in [-0.2, 0) is 0 Å². The van der Waals surface area contributed by atoms with Crippen LogP contribution in [0, 0.1) is 0 Å². The van der Waals surface area contributed by atoms with Crippen LogP contribution in [0.5, 0.6) is 0 Å². The molecular weight excluding hydrogens is 158 g/mol. The molecule has 0 aromatic heterocycles. The van der Waals surface area contributed by atoms with E-state index in [0.29, 0.717) is 0 Å². The van der Waals surface area contributed by atoms with Gasteiger partial charge in [0.25, 0.3) is 5.24 Å². The van der Waals surface area contributed by atoms with Crippen LogP contribution < -0.4 is 5.32 Å². The van der Waals surface area contributed by atoms with Gasteiger partial charge in [-0.1, -0.05) is 45.2 Å². The number of rotatable bonds is 6. The minimum absolute atomic E-state index is 0.222. The topological polar surface area (TPSA) is 29.1 Å². The minimum Gasteiger partial charge on any atom is -0.347 e. The molecule has 0 radical (unpaired) electrons. The molecular formula is C8H17NOS. The molecule has 1 amide bonds. The maximum atomic E-state index is 10.3. The van der Waals surface area contributed by atoms with Crippen molar-refractivity contribution in [2.24, 2.45) is 0 Å². The monoisotopic (exact) mass is 175 g/mol. The van der Waals surface area contributed by atoms with Crippen LogP contribution in [0.4, 0.5) is 4.79 Å². The van der Waals surface area contributed by atoms with Crippen molar-refractivity contribution in [3.05, 3.63) is 0 Å². The fourth-order valence-electron chi connectivity index (χ4n) is 0.924. The van der Waals surface area contributed by atoms with Gasteiger partial charge in [0.1, 0.15) is 0 Å². The molecule has 0 aromatic carbocycles. The van der Waals surface area contributed by atoms with E-state index in [9.17, 15) is 4.79 Å². The quantitative estimate of drug-likeness (QED) is 0.471. The van der Waals surface area contributed by atoms with E-state index >= 15 is 0 Å². The van der Waals surface area contributed by atoms with Crippen LogP contribution in [0.1, 0.15) is 39.0 Å². The summed E-state index contributed by atoms with van der Waals surface area (Å²) in [6.07, 6.45) is 6.13. The van der Waals surface area contributed by atoms with Crippen molar-refractivity contribution in [2.45, 2.75) is 39.0 Å². The third-order valence-corrected chi connectivity index (χ3v) is 1.71. The van der Waals surface area contributed by atoms with Crippen LogP contribution in [0.15, 0.2) is 0 Å². The van der Waals surface area contributed by atoms with Crippen molar-refractivity contribution in [3.63, 3.8) is 0 Å². The molecule has 0 rings (SSSR count). The first-order valence-electron chi connectivity index (χ1n) is 4.24. The number of amides is 1. The van der Waals surface area contributed by atoms with Crippen molar-refractivity contribution >= 4 is 17.9 Å². The van der Waals surface area contributed by atoms with Crippen molar-refractivity contribution in [1.82, 2.24) is 5.32 Å². The van der Waals surface area contributed by atoms with Gasteiger partial charge >= 0.3 is 0 Å². The second-order valence-electron chi connectivity index (χ2n) is 2.65. The summed E-state index contributed by atoms with van der Waals surface area (Å²) in [5, 5.41) is 2.43. The smallest absolute Gasteiger partial charge is 0.275 e. The number of carbonyl (C=O) groups excluding carboxylic acids is 1. The Bertz CT molecular complexity index is 106. The summed E-state index contributed by atoms with van der Waals surface area (Å²) < 4.78 is 0. The third-order valence-electron chi connectivity index (χ3n) is 1.56. The average Bonchev–Trinajstić information content (AvgIpc) is 1.96. The van der Waals surface area contributed by atoms with Crippen LogP contribution in [-0.4, -0.2) is 11.8 Å². The Labute approximate surface area is 74.2 Å². The minimum atomic E-state index is -0.222. The summed E-state index contributed by atoms with van der Waals surface area (Å²) in [6, 6.07) is 0. The predicted octanol–water partition coefficient (Wildman–Crippen LogP) is 2.60. The van der Waals surface area contributed by atoms with Gasteiger partial charge in [-0.05, 0) is 6.42 Å². The molecule has 0 aliphatic heterocycles. The molecule has 0 aliphatic rings. The second-order valence-corrected chi connectivity index (χ2v) is 3.05. The Balaban J connectivity index is 2.85. The standard InChI is InChI=1S/C8H17NOS/c1-2-3-4-5-6-7-9-8(10)11/h2-7H2,1H3,(H2,9,10,11). The van der Waals surface area contributed by atoms with E-state index in [1.807, 2.05) is 0 Å². The van der Waals surface area contributed by atoms with E-state index < -0.39 is 0 Å². The highest BCUT2D eigenvalue weighted by Crippen LogP contribution is 2.00. The average molecular weight is 175 g/mol. The van der Waals surface area contributed by atoms with E-state index in [2.05, 4.69) is 24.9 Å². The Morgan fingerprint density at radius 1 is 1.27 bits per heavy atom. The number of thiol groups is 1. The lowest BCUT2D eigenvalue weighted by Gasteiger charge is -2.00. The Morgan fingerprint density at radius 2 is 1.91 bits per heavy atom. The van der Waals surface area contributed by atoms with Gasteiger partial charge in [-0.2, -0.15) is 0 Å². The molecule has 0 saturated heterocycles. The largest absolute Gasteiger partial charge is 0.347 e. The summed E-state index contributed by atoms with van der Waals surface area (Å²) >= 11 is 3.59. The SMILES string of the molecule is CCCCCCCNC(=O)S. The summed E-state index contributed by atoms with van der Waals surface area (Å²) in [7, 11) is 0. The van der Waals surface area contributed by atoms with E-state index in [1.54, 1.807) is 0 Å². The highest BCUT2D eigenvalue weighted by atomic mass is 32.1. The summed E-state index contributed by atoms with van der Waals surface area (Å²) in [6.45, 7) is 2.96. The maximum absolute atomic E-state index is 10.3. The number of carbonyl (C=O) groups is 1. The zero-order valence-electron chi connectivity index (χ0n) is 7.10. The second kappa shape index (κ2) is 7.92. The lowest BCUT2D eigenvalue weighted by Crippen LogP contribution is -2.17. The molecule has 0 unspecified atom stereocenters. The fourth-order valence-corrected chi connectivity index (χ4v) is 1.04. The highest BCUT2D eigenvalue weighted by Gasteiger charge is 1.91. The van der Waals surface area contributed by atoms with Gasteiger partial charge in [-0.3, -0.25) is 4.79 Å². The van der Waals surface area contributed by atoms with Gasteiger partial charge in [0.15, 0.2) is 0 Å². The summed E-state index contributed by atoms with van der Waals surface area (Å²) in [4.78, 5) is 10.3. The lowest BCUT2D eigenvalue weighted by atomic mass is 10.1. The Hall–Kier alpha value is -0.180. The molecule has 0 atom stereocenters. The zero-order chi connectivity index (χ0) is 8.53. The fraction of sp³-hybridized carbons (Fsp3) is 0.875. The number of unbranched alkanes of at least 4 members (excludes halogenated alkanes) is 4. The molecule has 0 aliphatic carbocycles. The van der Waals surface area contributed by atoms with Crippen LogP contribution in [0.25, 0.3) is 0 Å². The number of hydrogen-bond acceptors (Lipinski definition) is 1. The molecule has 3 heteroatoms. The first-order chi connectivity index (χ1) is 5.27. The van der Waals surface area contributed by atoms with Gasteiger partial charge in [0.2, 0.25) is 0 Å². The molecule has 0 spiro atoms. The van der Waals surface area contributed by atoms with Crippen LogP contribution in [0.3, 0.4) is 0 Å².